The van der Waals surface area contributed by atoms with Crippen molar-refractivity contribution < 1.29 is 13.9 Å². The van der Waals surface area contributed by atoms with Crippen LogP contribution in [0.25, 0.3) is 0 Å². The molecule has 0 saturated carbocycles. The molecule has 3 heteroatoms. The van der Waals surface area contributed by atoms with Gasteiger partial charge in [0.05, 0.1) is 0 Å². The fourth-order valence-corrected chi connectivity index (χ4v) is 2.56. The first-order chi connectivity index (χ1) is 9.95. The number of hydrogen-bond acceptors (Lipinski definition) is 1. The maximum atomic E-state index is 13.2. The average molecular weight is 284 g/mol. The van der Waals surface area contributed by atoms with Gasteiger partial charge >= 0.3 is 0 Å². The second kappa shape index (κ2) is 4.98. The summed E-state index contributed by atoms with van der Waals surface area (Å²) >= 11 is 0. The van der Waals surface area contributed by atoms with Crippen LogP contribution < -0.4 is 0 Å². The molecule has 2 aromatic carbocycles. The molecule has 2 aromatic rings. The number of hydrogen-bond donors (Lipinski definition) is 1. The van der Waals surface area contributed by atoms with Crippen LogP contribution in [0.5, 0.6) is 0 Å². The fraction of sp³-hybridized carbons (Fsp3) is 0.222. The molecule has 0 spiro atoms. The van der Waals surface area contributed by atoms with Crippen molar-refractivity contribution in [2.45, 2.75) is 25.4 Å². The van der Waals surface area contributed by atoms with Gasteiger partial charge in [-0.2, -0.15) is 0 Å². The second-order valence-corrected chi connectivity index (χ2v) is 5.54. The van der Waals surface area contributed by atoms with E-state index in [1.807, 2.05) is 31.2 Å². The zero-order chi connectivity index (χ0) is 15.0. The van der Waals surface area contributed by atoms with Gasteiger partial charge in [0.15, 0.2) is 11.6 Å². The number of halogens is 2. The molecule has 106 valence electrons. The van der Waals surface area contributed by atoms with Gasteiger partial charge in [-0.25, -0.2) is 8.78 Å². The topological polar surface area (TPSA) is 20.2 Å². The number of rotatable bonds is 0. The minimum absolute atomic E-state index is 0.221. The van der Waals surface area contributed by atoms with Gasteiger partial charge in [-0.1, -0.05) is 29.5 Å². The van der Waals surface area contributed by atoms with Gasteiger partial charge < -0.3 is 5.11 Å². The van der Waals surface area contributed by atoms with E-state index in [-0.39, 0.29) is 12.8 Å². The molecule has 0 aliphatic heterocycles. The van der Waals surface area contributed by atoms with Gasteiger partial charge in [0.1, 0.15) is 5.60 Å². The molecule has 1 aliphatic carbocycles. The van der Waals surface area contributed by atoms with Crippen molar-refractivity contribution in [2.24, 2.45) is 0 Å². The van der Waals surface area contributed by atoms with Gasteiger partial charge in [0.25, 0.3) is 0 Å². The maximum Gasteiger partial charge on any atom is 0.159 e. The molecule has 3 rings (SSSR count). The molecule has 0 unspecified atom stereocenters. The Labute approximate surface area is 122 Å². The normalized spacial score (nSPS) is 15.2. The van der Waals surface area contributed by atoms with E-state index in [9.17, 15) is 13.9 Å². The third kappa shape index (κ3) is 2.81. The number of aryl methyl sites for hydroxylation is 1. The van der Waals surface area contributed by atoms with Crippen molar-refractivity contribution in [3.05, 3.63) is 70.3 Å². The lowest BCUT2D eigenvalue weighted by molar-refractivity contribution is 0.113. The van der Waals surface area contributed by atoms with Crippen molar-refractivity contribution in [3.8, 4) is 11.8 Å². The third-order valence-corrected chi connectivity index (χ3v) is 3.70. The zero-order valence-electron chi connectivity index (χ0n) is 11.6. The summed E-state index contributed by atoms with van der Waals surface area (Å²) in [6.07, 6.45) is 0.441. The van der Waals surface area contributed by atoms with E-state index in [4.69, 9.17) is 0 Å². The first-order valence-corrected chi connectivity index (χ1v) is 6.74. The Hall–Kier alpha value is -2.18. The summed E-state index contributed by atoms with van der Waals surface area (Å²) in [5, 5.41) is 10.5. The molecule has 0 saturated heterocycles. The van der Waals surface area contributed by atoms with Gasteiger partial charge in [-0.3, -0.25) is 0 Å². The van der Waals surface area contributed by atoms with Crippen molar-refractivity contribution >= 4 is 0 Å². The molecule has 0 aromatic heterocycles. The van der Waals surface area contributed by atoms with Crippen molar-refractivity contribution in [2.75, 3.05) is 0 Å². The summed E-state index contributed by atoms with van der Waals surface area (Å²) in [7, 11) is 0. The Kier molecular flexibility index (Phi) is 3.27. The third-order valence-electron chi connectivity index (χ3n) is 3.70. The molecule has 0 amide bonds. The Bertz CT molecular complexity index is 720. The fourth-order valence-electron chi connectivity index (χ4n) is 2.56. The average Bonchev–Trinajstić information content (AvgIpc) is 2.75. The van der Waals surface area contributed by atoms with E-state index in [0.717, 1.165) is 23.3 Å². The highest BCUT2D eigenvalue weighted by molar-refractivity contribution is 5.44. The standard InChI is InChI=1S/C18H14F2O/c1-12-2-4-13(5-3-12)6-7-18(21)10-14-8-16(19)17(20)9-15(14)11-18/h2-5,8-9,21H,10-11H2,1H3. The van der Waals surface area contributed by atoms with Crippen LogP contribution in [0, 0.1) is 30.4 Å². The first-order valence-electron chi connectivity index (χ1n) is 6.74. The van der Waals surface area contributed by atoms with E-state index >= 15 is 0 Å². The molecule has 0 radical (unpaired) electrons. The predicted octanol–water partition coefficient (Wildman–Crippen LogP) is 3.15. The van der Waals surface area contributed by atoms with Crippen molar-refractivity contribution in [1.82, 2.24) is 0 Å². The Morgan fingerprint density at radius 3 is 2.05 bits per heavy atom. The number of aliphatic hydroxyl groups is 1. The van der Waals surface area contributed by atoms with Gasteiger partial charge in [0.2, 0.25) is 0 Å². The van der Waals surface area contributed by atoms with Crippen LogP contribution in [0.1, 0.15) is 22.3 Å². The molecule has 0 bridgehead atoms. The van der Waals surface area contributed by atoms with Gasteiger partial charge in [0, 0.05) is 18.4 Å². The molecule has 1 N–H and O–H groups in total. The van der Waals surface area contributed by atoms with Gasteiger partial charge in [-0.15, -0.1) is 0 Å². The SMILES string of the molecule is Cc1ccc(C#CC2(O)Cc3cc(F)c(F)cc3C2)cc1. The Balaban J connectivity index is 1.86. The molecule has 1 nitrogen and oxygen atoms in total. The highest BCUT2D eigenvalue weighted by Gasteiger charge is 2.34. The Morgan fingerprint density at radius 2 is 1.52 bits per heavy atom. The van der Waals surface area contributed by atoms with Crippen LogP contribution in [0.3, 0.4) is 0 Å². The highest BCUT2D eigenvalue weighted by atomic mass is 19.2. The summed E-state index contributed by atoms with van der Waals surface area (Å²) in [6, 6.07) is 9.96. The summed E-state index contributed by atoms with van der Waals surface area (Å²) in [6.45, 7) is 1.99. The van der Waals surface area contributed by atoms with E-state index in [2.05, 4.69) is 11.8 Å². The lowest BCUT2D eigenvalue weighted by atomic mass is 10.0. The van der Waals surface area contributed by atoms with Gasteiger partial charge in [-0.05, 0) is 42.3 Å². The molecule has 1 aliphatic rings. The predicted molar refractivity (Wildman–Crippen MR) is 76.8 cm³/mol. The Morgan fingerprint density at radius 1 is 1.00 bits per heavy atom. The zero-order valence-corrected chi connectivity index (χ0v) is 11.6. The largest absolute Gasteiger partial charge is 0.377 e. The number of fused-ring (bicyclic) bond motifs is 1. The molecule has 21 heavy (non-hydrogen) atoms. The molecular formula is C18H14F2O. The molecule has 0 heterocycles. The van der Waals surface area contributed by atoms with E-state index in [1.165, 1.54) is 0 Å². The van der Waals surface area contributed by atoms with Crippen LogP contribution in [0.15, 0.2) is 36.4 Å². The lowest BCUT2D eigenvalue weighted by Crippen LogP contribution is -2.26. The van der Waals surface area contributed by atoms with E-state index in [1.54, 1.807) is 0 Å². The molecular weight excluding hydrogens is 270 g/mol. The minimum Gasteiger partial charge on any atom is -0.377 e. The number of benzene rings is 2. The first kappa shape index (κ1) is 13.8. The summed E-state index contributed by atoms with van der Waals surface area (Å²) in [5.74, 6) is 4.00. The van der Waals surface area contributed by atoms with E-state index < -0.39 is 17.2 Å². The van der Waals surface area contributed by atoms with Crippen molar-refractivity contribution in [1.29, 1.82) is 0 Å². The van der Waals surface area contributed by atoms with E-state index in [0.29, 0.717) is 11.1 Å². The smallest absolute Gasteiger partial charge is 0.159 e. The summed E-state index contributed by atoms with van der Waals surface area (Å²) < 4.78 is 26.4. The summed E-state index contributed by atoms with van der Waals surface area (Å²) in [5.41, 5.74) is 1.93. The summed E-state index contributed by atoms with van der Waals surface area (Å²) in [4.78, 5) is 0. The second-order valence-electron chi connectivity index (χ2n) is 5.54. The monoisotopic (exact) mass is 284 g/mol. The quantitative estimate of drug-likeness (QED) is 0.737. The van der Waals surface area contributed by atoms with Crippen molar-refractivity contribution in [3.63, 3.8) is 0 Å². The van der Waals surface area contributed by atoms with Crippen LogP contribution in [-0.2, 0) is 12.8 Å². The molecule has 0 atom stereocenters. The van der Waals surface area contributed by atoms with Crippen LogP contribution in [-0.4, -0.2) is 10.7 Å². The van der Waals surface area contributed by atoms with Crippen LogP contribution >= 0.6 is 0 Å². The maximum absolute atomic E-state index is 13.2. The highest BCUT2D eigenvalue weighted by Crippen LogP contribution is 2.31. The lowest BCUT2D eigenvalue weighted by Gasteiger charge is -2.13. The molecule has 0 fully saturated rings. The van der Waals surface area contributed by atoms with Crippen LogP contribution in [0.2, 0.25) is 0 Å². The van der Waals surface area contributed by atoms with Crippen LogP contribution in [0.4, 0.5) is 8.78 Å². The minimum atomic E-state index is -1.26.